The van der Waals surface area contributed by atoms with E-state index in [9.17, 15) is 4.79 Å². The summed E-state index contributed by atoms with van der Waals surface area (Å²) in [6, 6.07) is 1.97. The monoisotopic (exact) mass is 359 g/mol. The normalized spacial score (nSPS) is 23.8. The fourth-order valence-electron chi connectivity index (χ4n) is 3.66. The van der Waals surface area contributed by atoms with Crippen molar-refractivity contribution in [2.45, 2.75) is 45.1 Å². The van der Waals surface area contributed by atoms with Gasteiger partial charge in [0.05, 0.1) is 31.0 Å². The standard InChI is InChI=1S/C18H25N5O3/c1-3-6-22-13(2)15(8-20-22)18(24)21-9-16-17(10-21)26-12-14(11-25-16)23-7-4-5-19-23/h4-5,7-8,14,16-17H,3,6,9-12H2,1-2H3/t16-,17-/m0/s1. The molecule has 0 radical (unpaired) electrons. The average molecular weight is 359 g/mol. The molecule has 8 heteroatoms. The van der Waals surface area contributed by atoms with Gasteiger partial charge in [-0.2, -0.15) is 10.2 Å². The van der Waals surface area contributed by atoms with Gasteiger partial charge >= 0.3 is 0 Å². The molecule has 1 amide bonds. The fraction of sp³-hybridized carbons (Fsp3) is 0.611. The summed E-state index contributed by atoms with van der Waals surface area (Å²) in [7, 11) is 0. The first kappa shape index (κ1) is 17.2. The summed E-state index contributed by atoms with van der Waals surface area (Å²) in [5.41, 5.74) is 1.59. The number of hydrogen-bond acceptors (Lipinski definition) is 5. The maximum absolute atomic E-state index is 12.9. The quantitative estimate of drug-likeness (QED) is 0.822. The number of rotatable bonds is 4. The molecule has 2 aliphatic rings. The zero-order chi connectivity index (χ0) is 18.1. The first-order chi connectivity index (χ1) is 12.7. The van der Waals surface area contributed by atoms with Crippen LogP contribution in [0.25, 0.3) is 0 Å². The van der Waals surface area contributed by atoms with Gasteiger partial charge in [-0.3, -0.25) is 14.2 Å². The Labute approximate surface area is 152 Å². The molecule has 4 heterocycles. The zero-order valence-electron chi connectivity index (χ0n) is 15.2. The van der Waals surface area contributed by atoms with Crippen LogP contribution in [0.4, 0.5) is 0 Å². The van der Waals surface area contributed by atoms with Crippen molar-refractivity contribution in [2.75, 3.05) is 26.3 Å². The first-order valence-corrected chi connectivity index (χ1v) is 9.21. The Kier molecular flexibility index (Phi) is 4.78. The van der Waals surface area contributed by atoms with Gasteiger partial charge in [-0.1, -0.05) is 6.92 Å². The van der Waals surface area contributed by atoms with Crippen molar-refractivity contribution in [3.05, 3.63) is 35.9 Å². The van der Waals surface area contributed by atoms with E-state index >= 15 is 0 Å². The number of aryl methyl sites for hydroxylation is 1. The zero-order valence-corrected chi connectivity index (χ0v) is 15.2. The van der Waals surface area contributed by atoms with Gasteiger partial charge < -0.3 is 14.4 Å². The molecule has 2 aromatic rings. The van der Waals surface area contributed by atoms with Crippen LogP contribution in [0.5, 0.6) is 0 Å². The molecule has 26 heavy (non-hydrogen) atoms. The molecular weight excluding hydrogens is 334 g/mol. The van der Waals surface area contributed by atoms with Gasteiger partial charge in [-0.15, -0.1) is 0 Å². The molecule has 4 rings (SSSR count). The van der Waals surface area contributed by atoms with E-state index in [1.807, 2.05) is 33.5 Å². The topological polar surface area (TPSA) is 74.4 Å². The van der Waals surface area contributed by atoms with Crippen molar-refractivity contribution < 1.29 is 14.3 Å². The van der Waals surface area contributed by atoms with E-state index in [-0.39, 0.29) is 24.2 Å². The number of amides is 1. The molecular formula is C18H25N5O3. The molecule has 0 unspecified atom stereocenters. The van der Waals surface area contributed by atoms with Crippen LogP contribution in [-0.2, 0) is 16.0 Å². The Morgan fingerprint density at radius 2 is 1.96 bits per heavy atom. The number of nitrogens with zero attached hydrogens (tertiary/aromatic N) is 5. The van der Waals surface area contributed by atoms with E-state index in [1.54, 1.807) is 12.4 Å². The third-order valence-electron chi connectivity index (χ3n) is 5.18. The van der Waals surface area contributed by atoms with Crippen molar-refractivity contribution in [1.82, 2.24) is 24.5 Å². The molecule has 0 spiro atoms. The third-order valence-corrected chi connectivity index (χ3v) is 5.18. The van der Waals surface area contributed by atoms with Gasteiger partial charge in [0, 0.05) is 37.7 Å². The molecule has 2 aliphatic heterocycles. The lowest BCUT2D eigenvalue weighted by Crippen LogP contribution is -2.31. The van der Waals surface area contributed by atoms with Crippen LogP contribution in [0.15, 0.2) is 24.7 Å². The number of fused-ring (bicyclic) bond motifs is 1. The van der Waals surface area contributed by atoms with Gasteiger partial charge in [0.1, 0.15) is 12.2 Å². The summed E-state index contributed by atoms with van der Waals surface area (Å²) in [4.78, 5) is 14.7. The molecule has 2 atom stereocenters. The Bertz CT molecular complexity index is 741. The lowest BCUT2D eigenvalue weighted by atomic mass is 10.2. The SMILES string of the molecule is CCCn1ncc(C(=O)N2C[C@@H]3OCC(n4cccn4)CO[C@H]3C2)c1C. The van der Waals surface area contributed by atoms with Crippen LogP contribution in [0.1, 0.15) is 35.4 Å². The van der Waals surface area contributed by atoms with E-state index in [1.165, 1.54) is 0 Å². The van der Waals surface area contributed by atoms with E-state index in [0.717, 1.165) is 18.7 Å². The molecule has 2 aromatic heterocycles. The van der Waals surface area contributed by atoms with Crippen molar-refractivity contribution in [1.29, 1.82) is 0 Å². The highest BCUT2D eigenvalue weighted by molar-refractivity contribution is 5.95. The van der Waals surface area contributed by atoms with Crippen LogP contribution in [0.3, 0.4) is 0 Å². The molecule has 0 aromatic carbocycles. The van der Waals surface area contributed by atoms with Crippen molar-refractivity contribution in [2.24, 2.45) is 0 Å². The molecule has 0 saturated carbocycles. The molecule has 8 nitrogen and oxygen atoms in total. The maximum atomic E-state index is 12.9. The van der Waals surface area contributed by atoms with E-state index in [2.05, 4.69) is 17.1 Å². The second-order valence-electron chi connectivity index (χ2n) is 6.96. The predicted molar refractivity (Wildman–Crippen MR) is 93.9 cm³/mol. The summed E-state index contributed by atoms with van der Waals surface area (Å²) < 4.78 is 15.9. The molecule has 140 valence electrons. The minimum atomic E-state index is -0.0921. The molecule has 0 aliphatic carbocycles. The molecule has 0 bridgehead atoms. The van der Waals surface area contributed by atoms with Gasteiger partial charge in [0.2, 0.25) is 0 Å². The smallest absolute Gasteiger partial charge is 0.257 e. The number of likely N-dealkylation sites (tertiary alicyclic amines) is 1. The third kappa shape index (κ3) is 3.14. The minimum Gasteiger partial charge on any atom is -0.371 e. The number of carbonyl (C=O) groups is 1. The summed E-state index contributed by atoms with van der Waals surface area (Å²) in [5, 5.41) is 8.61. The number of carbonyl (C=O) groups excluding carboxylic acids is 1. The second-order valence-corrected chi connectivity index (χ2v) is 6.96. The van der Waals surface area contributed by atoms with Crippen molar-refractivity contribution in [3.8, 4) is 0 Å². The first-order valence-electron chi connectivity index (χ1n) is 9.21. The highest BCUT2D eigenvalue weighted by atomic mass is 16.6. The molecule has 2 fully saturated rings. The van der Waals surface area contributed by atoms with E-state index in [0.29, 0.717) is 31.9 Å². The summed E-state index contributed by atoms with van der Waals surface area (Å²) in [5.74, 6) is 0.00810. The molecule has 2 saturated heterocycles. The van der Waals surface area contributed by atoms with Crippen LogP contribution < -0.4 is 0 Å². The summed E-state index contributed by atoms with van der Waals surface area (Å²) in [6.07, 6.45) is 6.16. The lowest BCUT2D eigenvalue weighted by Gasteiger charge is -2.19. The van der Waals surface area contributed by atoms with Gasteiger partial charge in [-0.05, 0) is 19.4 Å². The maximum Gasteiger partial charge on any atom is 0.257 e. The van der Waals surface area contributed by atoms with Crippen LogP contribution >= 0.6 is 0 Å². The highest BCUT2D eigenvalue weighted by Gasteiger charge is 2.40. The van der Waals surface area contributed by atoms with Gasteiger partial charge in [0.15, 0.2) is 0 Å². The van der Waals surface area contributed by atoms with E-state index in [4.69, 9.17) is 9.47 Å². The second kappa shape index (κ2) is 7.20. The Morgan fingerprint density at radius 3 is 2.58 bits per heavy atom. The van der Waals surface area contributed by atoms with Crippen molar-refractivity contribution >= 4 is 5.91 Å². The minimum absolute atomic E-state index is 0.00810. The summed E-state index contributed by atoms with van der Waals surface area (Å²) >= 11 is 0. The van der Waals surface area contributed by atoms with Crippen LogP contribution in [0.2, 0.25) is 0 Å². The van der Waals surface area contributed by atoms with Crippen molar-refractivity contribution in [3.63, 3.8) is 0 Å². The fourth-order valence-corrected chi connectivity index (χ4v) is 3.66. The Balaban J connectivity index is 1.41. The molecule has 0 N–H and O–H groups in total. The summed E-state index contributed by atoms with van der Waals surface area (Å²) in [6.45, 7) is 7.05. The van der Waals surface area contributed by atoms with Crippen LogP contribution in [-0.4, -0.2) is 68.9 Å². The number of aromatic nitrogens is 4. The Morgan fingerprint density at radius 1 is 1.23 bits per heavy atom. The van der Waals surface area contributed by atoms with Gasteiger partial charge in [0.25, 0.3) is 5.91 Å². The largest absolute Gasteiger partial charge is 0.371 e. The van der Waals surface area contributed by atoms with Crippen LogP contribution in [0, 0.1) is 6.92 Å². The Hall–Kier alpha value is -2.19. The van der Waals surface area contributed by atoms with E-state index < -0.39 is 0 Å². The number of ether oxygens (including phenoxy) is 2. The number of hydrogen-bond donors (Lipinski definition) is 0. The highest BCUT2D eigenvalue weighted by Crippen LogP contribution is 2.25. The lowest BCUT2D eigenvalue weighted by molar-refractivity contribution is -0.00461. The van der Waals surface area contributed by atoms with Gasteiger partial charge in [-0.25, -0.2) is 0 Å². The average Bonchev–Trinajstić information content (AvgIpc) is 3.35. The predicted octanol–water partition coefficient (Wildman–Crippen LogP) is 1.28.